The normalized spacial score (nSPS) is 11.0. The van der Waals surface area contributed by atoms with Crippen LogP contribution in [-0.4, -0.2) is 22.6 Å². The summed E-state index contributed by atoms with van der Waals surface area (Å²) in [6.45, 7) is 2.49. The zero-order valence-corrected chi connectivity index (χ0v) is 15.6. The molecule has 0 fully saturated rings. The molecule has 7 heteroatoms. The molecule has 0 aliphatic carbocycles. The summed E-state index contributed by atoms with van der Waals surface area (Å²) in [5.41, 5.74) is 6.96. The maximum absolute atomic E-state index is 13.1. The third-order valence-electron chi connectivity index (χ3n) is 4.25. The van der Waals surface area contributed by atoms with Gasteiger partial charge in [-0.05, 0) is 30.5 Å². The van der Waals surface area contributed by atoms with Crippen LogP contribution in [0.5, 0.6) is 5.75 Å². The smallest absolute Gasteiger partial charge is 0.262 e. The number of primary amides is 1. The number of hydrogen-bond donors (Lipinski definition) is 1. The van der Waals surface area contributed by atoms with Crippen molar-refractivity contribution >= 4 is 27.5 Å². The Morgan fingerprint density at radius 3 is 2.88 bits per heavy atom. The molecule has 0 radical (unpaired) electrons. The second-order valence-electron chi connectivity index (χ2n) is 5.98. The second-order valence-corrected chi connectivity index (χ2v) is 7.06. The Morgan fingerprint density at radius 2 is 2.19 bits per heavy atom. The molecular formula is C19H21N3O3S. The van der Waals surface area contributed by atoms with Gasteiger partial charge in [-0.25, -0.2) is 4.98 Å². The first-order valence-corrected chi connectivity index (χ1v) is 9.30. The number of benzene rings is 1. The van der Waals surface area contributed by atoms with E-state index >= 15 is 0 Å². The van der Waals surface area contributed by atoms with Crippen LogP contribution in [-0.2, 0) is 17.8 Å². The molecule has 0 aliphatic heterocycles. The van der Waals surface area contributed by atoms with E-state index in [-0.39, 0.29) is 17.9 Å². The van der Waals surface area contributed by atoms with Gasteiger partial charge in [-0.3, -0.25) is 14.2 Å². The largest absolute Gasteiger partial charge is 0.497 e. The number of rotatable bonds is 7. The summed E-state index contributed by atoms with van der Waals surface area (Å²) in [5, 5.41) is 0.627. The monoisotopic (exact) mass is 371 g/mol. The minimum absolute atomic E-state index is 0.0896. The lowest BCUT2D eigenvalue weighted by Crippen LogP contribution is -2.21. The molecule has 3 rings (SSSR count). The van der Waals surface area contributed by atoms with Gasteiger partial charge in [-0.2, -0.15) is 0 Å². The average molecular weight is 371 g/mol. The van der Waals surface area contributed by atoms with E-state index in [4.69, 9.17) is 10.5 Å². The van der Waals surface area contributed by atoms with Crippen LogP contribution in [0.15, 0.2) is 35.4 Å². The lowest BCUT2D eigenvalue weighted by molar-refractivity contribution is -0.118. The van der Waals surface area contributed by atoms with Gasteiger partial charge in [0.15, 0.2) is 0 Å². The van der Waals surface area contributed by atoms with Gasteiger partial charge in [0.2, 0.25) is 5.91 Å². The average Bonchev–Trinajstić information content (AvgIpc) is 3.03. The molecule has 0 unspecified atom stereocenters. The number of nitrogens with zero attached hydrogens (tertiary/aromatic N) is 2. The number of ether oxygens (including phenoxy) is 1. The van der Waals surface area contributed by atoms with Crippen LogP contribution in [0.4, 0.5) is 0 Å². The molecule has 2 N–H and O–H groups in total. The van der Waals surface area contributed by atoms with E-state index in [1.54, 1.807) is 29.3 Å². The van der Waals surface area contributed by atoms with Gasteiger partial charge in [-0.15, -0.1) is 11.3 Å². The van der Waals surface area contributed by atoms with E-state index < -0.39 is 0 Å². The fourth-order valence-corrected chi connectivity index (χ4v) is 4.08. The number of amides is 1. The van der Waals surface area contributed by atoms with Crippen molar-refractivity contribution in [3.63, 3.8) is 0 Å². The molecule has 0 bridgehead atoms. The Kier molecular flexibility index (Phi) is 5.37. The molecule has 2 aromatic heterocycles. The summed E-state index contributed by atoms with van der Waals surface area (Å²) in [6, 6.07) is 7.71. The Morgan fingerprint density at radius 1 is 1.38 bits per heavy atom. The lowest BCUT2D eigenvalue weighted by atomic mass is 10.0. The second kappa shape index (κ2) is 7.70. The van der Waals surface area contributed by atoms with Crippen molar-refractivity contribution in [2.45, 2.75) is 32.7 Å². The number of aryl methyl sites for hydroxylation is 2. The third kappa shape index (κ3) is 3.48. The Hall–Kier alpha value is -2.67. The summed E-state index contributed by atoms with van der Waals surface area (Å²) < 4.78 is 6.89. The van der Waals surface area contributed by atoms with Gasteiger partial charge in [-0.1, -0.05) is 19.1 Å². The maximum atomic E-state index is 13.1. The van der Waals surface area contributed by atoms with E-state index in [2.05, 4.69) is 11.9 Å². The summed E-state index contributed by atoms with van der Waals surface area (Å²) in [5.74, 6) is 0.377. The Balaban J connectivity index is 2.14. The van der Waals surface area contributed by atoms with Crippen LogP contribution < -0.4 is 16.0 Å². The molecule has 6 nitrogen and oxygen atoms in total. The third-order valence-corrected chi connectivity index (χ3v) is 5.50. The standard InChI is InChI=1S/C19H21N3O3S/c1-3-14-16(12-6-4-7-13(10-12)25-2)17-18(26-14)21-11-22(19(17)24)9-5-8-15(20)23/h4,6-7,10-11H,3,5,8-9H2,1-2H3,(H2,20,23). The quantitative estimate of drug-likeness (QED) is 0.692. The first-order valence-electron chi connectivity index (χ1n) is 8.48. The summed E-state index contributed by atoms with van der Waals surface area (Å²) in [6.07, 6.45) is 3.13. The van der Waals surface area contributed by atoms with E-state index in [0.29, 0.717) is 18.4 Å². The highest BCUT2D eigenvalue weighted by atomic mass is 32.1. The van der Waals surface area contributed by atoms with E-state index in [0.717, 1.165) is 33.0 Å². The van der Waals surface area contributed by atoms with Gasteiger partial charge in [0, 0.05) is 23.4 Å². The number of fused-ring (bicyclic) bond motifs is 1. The first-order chi connectivity index (χ1) is 12.5. The Bertz CT molecular complexity index is 1010. The van der Waals surface area contributed by atoms with Crippen molar-refractivity contribution < 1.29 is 9.53 Å². The van der Waals surface area contributed by atoms with Gasteiger partial charge < -0.3 is 10.5 Å². The number of thiophene rings is 1. The molecule has 0 spiro atoms. The highest BCUT2D eigenvalue weighted by Gasteiger charge is 2.18. The minimum atomic E-state index is -0.368. The fourth-order valence-electron chi connectivity index (χ4n) is 2.99. The van der Waals surface area contributed by atoms with Crippen LogP contribution in [0.2, 0.25) is 0 Å². The predicted octanol–water partition coefficient (Wildman–Crippen LogP) is 2.96. The first kappa shape index (κ1) is 18.1. The zero-order valence-electron chi connectivity index (χ0n) is 14.8. The van der Waals surface area contributed by atoms with E-state index in [1.165, 1.54) is 0 Å². The molecule has 26 heavy (non-hydrogen) atoms. The molecule has 2 heterocycles. The topological polar surface area (TPSA) is 87.2 Å². The minimum Gasteiger partial charge on any atom is -0.497 e. The molecule has 136 valence electrons. The number of carbonyl (C=O) groups is 1. The fraction of sp³-hybridized carbons (Fsp3) is 0.316. The van der Waals surface area contributed by atoms with Crippen LogP contribution in [0.1, 0.15) is 24.6 Å². The summed E-state index contributed by atoms with van der Waals surface area (Å²) >= 11 is 1.54. The van der Waals surface area contributed by atoms with Crippen molar-refractivity contribution in [3.05, 3.63) is 45.8 Å². The maximum Gasteiger partial charge on any atom is 0.262 e. The highest BCUT2D eigenvalue weighted by Crippen LogP contribution is 2.37. The molecular weight excluding hydrogens is 350 g/mol. The lowest BCUT2D eigenvalue weighted by Gasteiger charge is -2.08. The van der Waals surface area contributed by atoms with Crippen molar-refractivity contribution in [1.29, 1.82) is 0 Å². The number of nitrogens with two attached hydrogens (primary N) is 1. The number of aromatic nitrogens is 2. The van der Waals surface area contributed by atoms with Gasteiger partial charge in [0.1, 0.15) is 10.6 Å². The molecule has 0 aliphatic rings. The molecule has 0 atom stereocenters. The number of methoxy groups -OCH3 is 1. The van der Waals surface area contributed by atoms with Crippen molar-refractivity contribution in [1.82, 2.24) is 9.55 Å². The molecule has 0 saturated carbocycles. The summed E-state index contributed by atoms with van der Waals surface area (Å²) in [7, 11) is 1.62. The zero-order chi connectivity index (χ0) is 18.7. The van der Waals surface area contributed by atoms with Crippen molar-refractivity contribution in [2.75, 3.05) is 7.11 Å². The Labute approximate surface area is 155 Å². The van der Waals surface area contributed by atoms with Gasteiger partial charge in [0.05, 0.1) is 18.8 Å². The summed E-state index contributed by atoms with van der Waals surface area (Å²) in [4.78, 5) is 30.3. The van der Waals surface area contributed by atoms with Gasteiger partial charge >= 0.3 is 0 Å². The van der Waals surface area contributed by atoms with Gasteiger partial charge in [0.25, 0.3) is 5.56 Å². The number of hydrogen-bond acceptors (Lipinski definition) is 5. The molecule has 1 aromatic carbocycles. The van der Waals surface area contributed by atoms with Crippen LogP contribution in [0.25, 0.3) is 21.3 Å². The van der Waals surface area contributed by atoms with E-state index in [1.807, 2.05) is 24.3 Å². The number of carbonyl (C=O) groups excluding carboxylic acids is 1. The highest BCUT2D eigenvalue weighted by molar-refractivity contribution is 7.19. The van der Waals surface area contributed by atoms with E-state index in [9.17, 15) is 9.59 Å². The molecule has 1 amide bonds. The van der Waals surface area contributed by atoms with Crippen molar-refractivity contribution in [3.8, 4) is 16.9 Å². The molecule has 0 saturated heterocycles. The predicted molar refractivity (Wildman–Crippen MR) is 104 cm³/mol. The SMILES string of the molecule is CCc1sc2ncn(CCCC(N)=O)c(=O)c2c1-c1cccc(OC)c1. The van der Waals surface area contributed by atoms with Crippen LogP contribution in [0, 0.1) is 0 Å². The van der Waals surface area contributed by atoms with Crippen LogP contribution >= 0.6 is 11.3 Å². The molecule has 3 aromatic rings. The van der Waals surface area contributed by atoms with Crippen LogP contribution in [0.3, 0.4) is 0 Å². The van der Waals surface area contributed by atoms with Crippen molar-refractivity contribution in [2.24, 2.45) is 5.73 Å².